The molecule has 0 saturated carbocycles. The van der Waals surface area contributed by atoms with Gasteiger partial charge in [0.25, 0.3) is 11.5 Å². The van der Waals surface area contributed by atoms with Crippen molar-refractivity contribution in [2.75, 3.05) is 18.4 Å². The molecule has 2 aromatic heterocycles. The normalized spacial score (nSPS) is 10.8. The Hall–Kier alpha value is -3.79. The Morgan fingerprint density at radius 1 is 1.07 bits per heavy atom. The van der Waals surface area contributed by atoms with Gasteiger partial charge < -0.3 is 16.0 Å². The van der Waals surface area contributed by atoms with Crippen LogP contribution in [0.3, 0.4) is 0 Å². The fourth-order valence-electron chi connectivity index (χ4n) is 2.86. The van der Waals surface area contributed by atoms with Crippen LogP contribution in [-0.2, 0) is 4.79 Å². The van der Waals surface area contributed by atoms with Gasteiger partial charge in [-0.3, -0.25) is 14.4 Å². The number of aromatic nitrogens is 3. The number of hydrogen-bond acceptors (Lipinski definition) is 7. The molecular weight excluding hydrogens is 404 g/mol. The second-order valence-electron chi connectivity index (χ2n) is 6.48. The average Bonchev–Trinajstić information content (AvgIpc) is 3.14. The Morgan fingerprint density at radius 3 is 2.60 bits per heavy atom. The third kappa shape index (κ3) is 4.13. The molecule has 4 rings (SSSR count). The summed E-state index contributed by atoms with van der Waals surface area (Å²) in [5, 5.41) is 13.7. The summed E-state index contributed by atoms with van der Waals surface area (Å²) < 4.78 is 1.26. The van der Waals surface area contributed by atoms with Crippen LogP contribution < -0.4 is 21.5 Å². The minimum Gasteiger partial charge on any atom is -0.355 e. The summed E-state index contributed by atoms with van der Waals surface area (Å²) >= 11 is 1.24. The largest absolute Gasteiger partial charge is 0.355 e. The van der Waals surface area contributed by atoms with E-state index in [4.69, 9.17) is 0 Å². The highest BCUT2D eigenvalue weighted by molar-refractivity contribution is 7.20. The lowest BCUT2D eigenvalue weighted by Gasteiger charge is -2.06. The van der Waals surface area contributed by atoms with Crippen LogP contribution in [0.4, 0.5) is 10.8 Å². The van der Waals surface area contributed by atoms with Crippen LogP contribution in [-0.4, -0.2) is 39.5 Å². The van der Waals surface area contributed by atoms with E-state index in [1.165, 1.54) is 22.8 Å². The van der Waals surface area contributed by atoms with E-state index >= 15 is 0 Å². The van der Waals surface area contributed by atoms with Gasteiger partial charge in [0.15, 0.2) is 0 Å². The van der Waals surface area contributed by atoms with E-state index in [-0.39, 0.29) is 17.4 Å². The van der Waals surface area contributed by atoms with Crippen LogP contribution in [0.2, 0.25) is 0 Å². The lowest BCUT2D eigenvalue weighted by Crippen LogP contribution is -2.33. The topological polar surface area (TPSA) is 117 Å². The lowest BCUT2D eigenvalue weighted by molar-refractivity contribution is -0.118. The minimum atomic E-state index is -0.306. The van der Waals surface area contributed by atoms with Gasteiger partial charge in [-0.25, -0.2) is 4.98 Å². The molecule has 0 fully saturated rings. The Kier molecular flexibility index (Phi) is 5.40. The van der Waals surface area contributed by atoms with Gasteiger partial charge in [-0.15, -0.1) is 5.10 Å². The molecule has 0 aliphatic carbocycles. The Labute approximate surface area is 174 Å². The minimum absolute atomic E-state index is 0.158. The van der Waals surface area contributed by atoms with Crippen molar-refractivity contribution in [2.45, 2.75) is 6.92 Å². The molecule has 0 atom stereocenters. The summed E-state index contributed by atoms with van der Waals surface area (Å²) in [5.74, 6) is -0.464. The number of fused-ring (bicyclic) bond motifs is 2. The molecule has 9 nitrogen and oxygen atoms in total. The molecule has 152 valence electrons. The molecule has 2 aromatic carbocycles. The molecule has 10 heteroatoms. The van der Waals surface area contributed by atoms with Gasteiger partial charge in [0.2, 0.25) is 16.0 Å². The quantitative estimate of drug-likeness (QED) is 0.409. The highest BCUT2D eigenvalue weighted by atomic mass is 32.1. The van der Waals surface area contributed by atoms with E-state index in [2.05, 4.69) is 26.0 Å². The van der Waals surface area contributed by atoms with Gasteiger partial charge in [-0.05, 0) is 30.3 Å². The third-order valence-electron chi connectivity index (χ3n) is 4.27. The van der Waals surface area contributed by atoms with Gasteiger partial charge in [0.05, 0.1) is 10.9 Å². The number of anilines is 2. The number of rotatable bonds is 6. The molecule has 30 heavy (non-hydrogen) atoms. The van der Waals surface area contributed by atoms with Crippen LogP contribution in [0.25, 0.3) is 15.9 Å². The molecular formula is C20H18N6O3S. The number of carbonyl (C=O) groups is 2. The zero-order chi connectivity index (χ0) is 21.1. The summed E-state index contributed by atoms with van der Waals surface area (Å²) in [6.07, 6.45) is 0. The first-order valence-corrected chi connectivity index (χ1v) is 10.0. The standard InChI is InChI=1S/C20H18N6O3S/c1-12(27)21-9-10-22-17(28)13-7-8-15-16(11-13)24-20-26(18(15)29)25-19(30-20)23-14-5-3-2-4-6-14/h2-8,11H,9-10H2,1H3,(H,21,27)(H,22,28)(H,23,25). The molecule has 3 N–H and O–H groups in total. The van der Waals surface area contributed by atoms with Crippen molar-refractivity contribution < 1.29 is 9.59 Å². The molecule has 0 aliphatic heterocycles. The second kappa shape index (κ2) is 8.29. The van der Waals surface area contributed by atoms with Crippen molar-refractivity contribution in [3.8, 4) is 0 Å². The molecule has 0 aliphatic rings. The van der Waals surface area contributed by atoms with Gasteiger partial charge in [-0.1, -0.05) is 29.5 Å². The zero-order valence-corrected chi connectivity index (χ0v) is 16.8. The molecule has 0 bridgehead atoms. The van der Waals surface area contributed by atoms with Crippen molar-refractivity contribution in [1.29, 1.82) is 0 Å². The molecule has 0 spiro atoms. The van der Waals surface area contributed by atoms with Gasteiger partial charge in [-0.2, -0.15) is 4.52 Å². The number of amides is 2. The van der Waals surface area contributed by atoms with E-state index in [1.54, 1.807) is 18.2 Å². The monoisotopic (exact) mass is 422 g/mol. The second-order valence-corrected chi connectivity index (χ2v) is 7.44. The zero-order valence-electron chi connectivity index (χ0n) is 16.0. The van der Waals surface area contributed by atoms with Gasteiger partial charge in [0.1, 0.15) is 0 Å². The number of para-hydroxylation sites is 1. The summed E-state index contributed by atoms with van der Waals surface area (Å²) in [4.78, 5) is 40.9. The van der Waals surface area contributed by atoms with E-state index in [1.807, 2.05) is 30.3 Å². The molecule has 4 aromatic rings. The maximum absolute atomic E-state index is 12.8. The first-order chi connectivity index (χ1) is 14.5. The summed E-state index contributed by atoms with van der Waals surface area (Å²) in [6.45, 7) is 2.05. The van der Waals surface area contributed by atoms with E-state index in [9.17, 15) is 14.4 Å². The van der Waals surface area contributed by atoms with Crippen molar-refractivity contribution in [3.05, 3.63) is 64.4 Å². The maximum atomic E-state index is 12.8. The van der Waals surface area contributed by atoms with Gasteiger partial charge >= 0.3 is 0 Å². The molecule has 0 unspecified atom stereocenters. The van der Waals surface area contributed by atoms with Crippen molar-refractivity contribution in [3.63, 3.8) is 0 Å². The highest BCUT2D eigenvalue weighted by Crippen LogP contribution is 2.23. The van der Waals surface area contributed by atoms with E-state index in [0.717, 1.165) is 5.69 Å². The predicted octanol–water partition coefficient (Wildman–Crippen LogP) is 1.91. The van der Waals surface area contributed by atoms with Crippen molar-refractivity contribution in [2.24, 2.45) is 0 Å². The van der Waals surface area contributed by atoms with Crippen LogP contribution in [0.5, 0.6) is 0 Å². The summed E-state index contributed by atoms with van der Waals surface area (Å²) in [7, 11) is 0. The van der Waals surface area contributed by atoms with Gasteiger partial charge in [0, 0.05) is 31.3 Å². The van der Waals surface area contributed by atoms with Crippen LogP contribution in [0, 0.1) is 0 Å². The smallest absolute Gasteiger partial charge is 0.283 e. The van der Waals surface area contributed by atoms with Crippen molar-refractivity contribution in [1.82, 2.24) is 25.2 Å². The number of carbonyl (C=O) groups excluding carboxylic acids is 2. The Morgan fingerprint density at radius 2 is 1.83 bits per heavy atom. The highest BCUT2D eigenvalue weighted by Gasteiger charge is 2.13. The third-order valence-corrected chi connectivity index (χ3v) is 5.09. The van der Waals surface area contributed by atoms with Crippen LogP contribution in [0.1, 0.15) is 17.3 Å². The number of benzene rings is 2. The number of hydrogen-bond donors (Lipinski definition) is 3. The fourth-order valence-corrected chi connectivity index (χ4v) is 3.68. The van der Waals surface area contributed by atoms with E-state index in [0.29, 0.717) is 39.6 Å². The first-order valence-electron chi connectivity index (χ1n) is 9.19. The van der Waals surface area contributed by atoms with Crippen molar-refractivity contribution >= 4 is 49.8 Å². The summed E-state index contributed by atoms with van der Waals surface area (Å²) in [5.41, 5.74) is 1.36. The average molecular weight is 422 g/mol. The molecule has 2 amide bonds. The maximum Gasteiger partial charge on any atom is 0.283 e. The van der Waals surface area contributed by atoms with E-state index < -0.39 is 0 Å². The number of nitrogens with zero attached hydrogens (tertiary/aromatic N) is 3. The predicted molar refractivity (Wildman–Crippen MR) is 115 cm³/mol. The lowest BCUT2D eigenvalue weighted by atomic mass is 10.1. The molecule has 2 heterocycles. The molecule has 0 radical (unpaired) electrons. The fraction of sp³-hybridized carbons (Fsp3) is 0.150. The van der Waals surface area contributed by atoms with Crippen LogP contribution >= 0.6 is 11.3 Å². The SMILES string of the molecule is CC(=O)NCCNC(=O)c1ccc2c(=O)n3nc(Nc4ccccc4)sc3nc2c1. The van der Waals surface area contributed by atoms with Crippen LogP contribution in [0.15, 0.2) is 53.3 Å². The summed E-state index contributed by atoms with van der Waals surface area (Å²) in [6, 6.07) is 14.2. The Bertz CT molecular complexity index is 1300. The molecule has 0 saturated heterocycles. The first kappa shape index (κ1) is 19.5. The Balaban J connectivity index is 1.60. The number of nitrogens with one attached hydrogen (secondary N) is 3.